The maximum atomic E-state index is 12.9. The lowest BCUT2D eigenvalue weighted by atomic mass is 10.0. The average Bonchev–Trinajstić information content (AvgIpc) is 2.67. The van der Waals surface area contributed by atoms with E-state index in [2.05, 4.69) is 10.3 Å². The van der Waals surface area contributed by atoms with Crippen LogP contribution < -0.4 is 5.32 Å². The second kappa shape index (κ2) is 7.70. The molecule has 0 radical (unpaired) electrons. The van der Waals surface area contributed by atoms with E-state index in [4.69, 9.17) is 4.74 Å². The molecule has 0 unspecified atom stereocenters. The van der Waals surface area contributed by atoms with E-state index in [0.29, 0.717) is 31.9 Å². The van der Waals surface area contributed by atoms with Crippen molar-refractivity contribution in [3.05, 3.63) is 66.0 Å². The lowest BCUT2D eigenvalue weighted by molar-refractivity contribution is -0.137. The largest absolute Gasteiger partial charge is 0.378 e. The second-order valence-electron chi connectivity index (χ2n) is 5.49. The Morgan fingerprint density at radius 2 is 1.71 bits per heavy atom. The first-order valence-electron chi connectivity index (χ1n) is 7.88. The Labute approximate surface area is 140 Å². The number of pyridine rings is 1. The molecule has 1 aliphatic rings. The van der Waals surface area contributed by atoms with E-state index in [1.165, 1.54) is 0 Å². The van der Waals surface area contributed by atoms with Crippen LogP contribution in [0.4, 0.5) is 0 Å². The zero-order valence-corrected chi connectivity index (χ0v) is 13.2. The number of carbonyl (C=O) groups excluding carboxylic acids is 2. The van der Waals surface area contributed by atoms with Crippen molar-refractivity contribution >= 4 is 11.8 Å². The van der Waals surface area contributed by atoms with Crippen molar-refractivity contribution in [3.8, 4) is 0 Å². The van der Waals surface area contributed by atoms with E-state index in [-0.39, 0.29) is 11.8 Å². The van der Waals surface area contributed by atoms with E-state index in [1.807, 2.05) is 30.3 Å². The van der Waals surface area contributed by atoms with Crippen LogP contribution >= 0.6 is 0 Å². The molecule has 2 heterocycles. The summed E-state index contributed by atoms with van der Waals surface area (Å²) in [4.78, 5) is 31.0. The summed E-state index contributed by atoms with van der Waals surface area (Å²) < 4.78 is 5.30. The number of amides is 2. The van der Waals surface area contributed by atoms with E-state index < -0.39 is 6.04 Å². The van der Waals surface area contributed by atoms with Gasteiger partial charge >= 0.3 is 0 Å². The highest BCUT2D eigenvalue weighted by atomic mass is 16.5. The van der Waals surface area contributed by atoms with Crippen LogP contribution in [-0.4, -0.2) is 48.0 Å². The number of morpholine rings is 1. The van der Waals surface area contributed by atoms with Crippen LogP contribution in [0.3, 0.4) is 0 Å². The zero-order chi connectivity index (χ0) is 16.8. The summed E-state index contributed by atoms with van der Waals surface area (Å²) in [7, 11) is 0. The van der Waals surface area contributed by atoms with E-state index >= 15 is 0 Å². The fraction of sp³-hybridized carbons (Fsp3) is 0.278. The fourth-order valence-electron chi connectivity index (χ4n) is 2.62. The molecule has 124 valence electrons. The Morgan fingerprint density at radius 1 is 1.04 bits per heavy atom. The lowest BCUT2D eigenvalue weighted by Crippen LogP contribution is -2.47. The van der Waals surface area contributed by atoms with Crippen LogP contribution in [0.15, 0.2) is 54.9 Å². The van der Waals surface area contributed by atoms with Crippen molar-refractivity contribution < 1.29 is 14.3 Å². The summed E-state index contributed by atoms with van der Waals surface area (Å²) in [6, 6.07) is 11.8. The van der Waals surface area contributed by atoms with Gasteiger partial charge in [-0.3, -0.25) is 14.6 Å². The quantitative estimate of drug-likeness (QED) is 0.923. The summed E-state index contributed by atoms with van der Waals surface area (Å²) in [5.74, 6) is -0.417. The van der Waals surface area contributed by atoms with E-state index in [0.717, 1.165) is 5.56 Å². The molecule has 1 atom stereocenters. The Bertz CT molecular complexity index is 685. The topological polar surface area (TPSA) is 71.5 Å². The minimum Gasteiger partial charge on any atom is -0.378 e. The Kier molecular flexibility index (Phi) is 5.18. The van der Waals surface area contributed by atoms with Crippen molar-refractivity contribution in [2.24, 2.45) is 0 Å². The maximum Gasteiger partial charge on any atom is 0.252 e. The zero-order valence-electron chi connectivity index (χ0n) is 13.2. The van der Waals surface area contributed by atoms with Gasteiger partial charge < -0.3 is 15.0 Å². The molecule has 0 aliphatic carbocycles. The summed E-state index contributed by atoms with van der Waals surface area (Å²) in [5.41, 5.74) is 1.23. The van der Waals surface area contributed by atoms with Gasteiger partial charge in [-0.05, 0) is 17.7 Å². The number of hydrogen-bond acceptors (Lipinski definition) is 4. The van der Waals surface area contributed by atoms with Crippen molar-refractivity contribution in [2.75, 3.05) is 26.3 Å². The van der Waals surface area contributed by atoms with Gasteiger partial charge in [0.2, 0.25) is 5.91 Å². The van der Waals surface area contributed by atoms with Gasteiger partial charge in [0, 0.05) is 31.0 Å². The van der Waals surface area contributed by atoms with Gasteiger partial charge in [-0.1, -0.05) is 30.3 Å². The van der Waals surface area contributed by atoms with Gasteiger partial charge in [-0.15, -0.1) is 0 Å². The summed E-state index contributed by atoms with van der Waals surface area (Å²) >= 11 is 0. The lowest BCUT2D eigenvalue weighted by Gasteiger charge is -2.31. The number of rotatable bonds is 4. The molecule has 2 aromatic rings. The van der Waals surface area contributed by atoms with Gasteiger partial charge in [-0.2, -0.15) is 0 Å². The van der Waals surface area contributed by atoms with Crippen molar-refractivity contribution in [1.82, 2.24) is 15.2 Å². The smallest absolute Gasteiger partial charge is 0.252 e. The molecule has 1 saturated heterocycles. The molecule has 0 spiro atoms. The molecule has 24 heavy (non-hydrogen) atoms. The summed E-state index contributed by atoms with van der Waals surface area (Å²) in [5, 5.41) is 2.85. The SMILES string of the molecule is O=C(N[C@H](C(=O)N1CCOCC1)c1ccccc1)c1ccncc1. The number of benzene rings is 1. The van der Waals surface area contributed by atoms with Gasteiger partial charge in [0.05, 0.1) is 13.2 Å². The Hall–Kier alpha value is -2.73. The van der Waals surface area contributed by atoms with Gasteiger partial charge in [0.25, 0.3) is 5.91 Å². The molecular weight excluding hydrogens is 306 g/mol. The molecule has 0 bridgehead atoms. The van der Waals surface area contributed by atoms with Crippen LogP contribution in [-0.2, 0) is 9.53 Å². The predicted octanol–water partition coefficient (Wildman–Crippen LogP) is 1.41. The number of nitrogens with one attached hydrogen (secondary N) is 1. The molecule has 1 N–H and O–H groups in total. The molecule has 3 rings (SSSR count). The van der Waals surface area contributed by atoms with Crippen molar-refractivity contribution in [1.29, 1.82) is 0 Å². The first-order valence-corrected chi connectivity index (χ1v) is 7.88. The monoisotopic (exact) mass is 325 g/mol. The third-order valence-corrected chi connectivity index (χ3v) is 3.92. The molecule has 6 nitrogen and oxygen atoms in total. The van der Waals surface area contributed by atoms with Crippen LogP contribution in [0, 0.1) is 0 Å². The number of aromatic nitrogens is 1. The third kappa shape index (κ3) is 3.78. The number of carbonyl (C=O) groups is 2. The van der Waals surface area contributed by atoms with Gasteiger partial charge in [-0.25, -0.2) is 0 Å². The fourth-order valence-corrected chi connectivity index (χ4v) is 2.62. The van der Waals surface area contributed by atoms with Gasteiger partial charge in [0.15, 0.2) is 0 Å². The molecule has 1 aromatic heterocycles. The minimum absolute atomic E-state index is 0.119. The highest BCUT2D eigenvalue weighted by Crippen LogP contribution is 2.17. The number of nitrogens with zero attached hydrogens (tertiary/aromatic N) is 2. The highest BCUT2D eigenvalue weighted by Gasteiger charge is 2.28. The number of ether oxygens (including phenoxy) is 1. The molecule has 0 saturated carbocycles. The van der Waals surface area contributed by atoms with Crippen LogP contribution in [0.1, 0.15) is 22.0 Å². The second-order valence-corrected chi connectivity index (χ2v) is 5.49. The molecule has 6 heteroatoms. The molecule has 1 aromatic carbocycles. The molecule has 1 aliphatic heterocycles. The summed E-state index contributed by atoms with van der Waals surface area (Å²) in [6.45, 7) is 2.11. The maximum absolute atomic E-state index is 12.9. The van der Waals surface area contributed by atoms with Crippen LogP contribution in [0.5, 0.6) is 0 Å². The summed E-state index contributed by atoms with van der Waals surface area (Å²) in [6.07, 6.45) is 3.10. The molecule has 1 fully saturated rings. The van der Waals surface area contributed by atoms with Crippen LogP contribution in [0.25, 0.3) is 0 Å². The Morgan fingerprint density at radius 3 is 2.38 bits per heavy atom. The first kappa shape index (κ1) is 16.1. The Balaban J connectivity index is 1.82. The van der Waals surface area contributed by atoms with E-state index in [9.17, 15) is 9.59 Å². The third-order valence-electron chi connectivity index (χ3n) is 3.92. The standard InChI is InChI=1S/C18H19N3O3/c22-17(15-6-8-19-9-7-15)20-16(14-4-2-1-3-5-14)18(23)21-10-12-24-13-11-21/h1-9,16H,10-13H2,(H,20,22)/t16-/m0/s1. The van der Waals surface area contributed by atoms with Crippen LogP contribution in [0.2, 0.25) is 0 Å². The average molecular weight is 325 g/mol. The van der Waals surface area contributed by atoms with Crippen molar-refractivity contribution in [3.63, 3.8) is 0 Å². The van der Waals surface area contributed by atoms with Gasteiger partial charge in [0.1, 0.15) is 6.04 Å². The van der Waals surface area contributed by atoms with Crippen molar-refractivity contribution in [2.45, 2.75) is 6.04 Å². The minimum atomic E-state index is -0.718. The normalized spacial score (nSPS) is 15.6. The first-order chi connectivity index (χ1) is 11.8. The predicted molar refractivity (Wildman–Crippen MR) is 88.3 cm³/mol. The molecular formula is C18H19N3O3. The van der Waals surface area contributed by atoms with E-state index in [1.54, 1.807) is 29.4 Å². The highest BCUT2D eigenvalue weighted by molar-refractivity contribution is 5.97. The number of hydrogen-bond donors (Lipinski definition) is 1. The molecule has 2 amide bonds.